The fourth-order valence-electron chi connectivity index (χ4n) is 4.02. The molecular weight excluding hydrogens is 356 g/mol. The molecule has 2 aliphatic rings. The molecule has 1 aliphatic heterocycles. The van der Waals surface area contributed by atoms with Gasteiger partial charge in [-0.15, -0.1) is 0 Å². The van der Waals surface area contributed by atoms with Gasteiger partial charge in [-0.3, -0.25) is 9.59 Å². The molecule has 7 heteroatoms. The molecule has 1 saturated carbocycles. The normalized spacial score (nSPS) is 19.9. The number of nitrogens with one attached hydrogen (secondary N) is 1. The Morgan fingerprint density at radius 1 is 1.36 bits per heavy atom. The molecule has 2 aromatic rings. The maximum atomic E-state index is 13.0. The van der Waals surface area contributed by atoms with E-state index in [1.165, 1.54) is 0 Å². The average Bonchev–Trinajstić information content (AvgIpc) is 3.47. The quantitative estimate of drug-likeness (QED) is 0.795. The maximum absolute atomic E-state index is 13.0. The number of amides is 2. The number of piperidine rings is 1. The first kappa shape index (κ1) is 18.8. The van der Waals surface area contributed by atoms with Crippen LogP contribution in [0.4, 0.5) is 0 Å². The number of aromatic nitrogens is 2. The van der Waals surface area contributed by atoms with Crippen LogP contribution in [0.2, 0.25) is 0 Å². The number of aromatic amines is 1. The molecule has 2 heterocycles. The zero-order valence-electron chi connectivity index (χ0n) is 16.6. The third kappa shape index (κ3) is 3.84. The minimum atomic E-state index is -0.0711. The lowest BCUT2D eigenvalue weighted by atomic mass is 9.95. The van der Waals surface area contributed by atoms with Crippen molar-refractivity contribution < 1.29 is 14.3 Å². The van der Waals surface area contributed by atoms with Crippen molar-refractivity contribution in [2.45, 2.75) is 45.1 Å². The van der Waals surface area contributed by atoms with Gasteiger partial charge in [0.2, 0.25) is 11.8 Å². The van der Waals surface area contributed by atoms with Gasteiger partial charge in [-0.2, -0.15) is 0 Å². The van der Waals surface area contributed by atoms with Gasteiger partial charge in [0.05, 0.1) is 24.1 Å². The standard InChI is InChI=1S/C21H28N4O3/c1-3-24(21(27)14-4-9-20(26)25(13-14)15-5-6-15)11-10-19-22-17-8-7-16(28-2)12-18(17)23-19/h7-8,12,14-15H,3-6,9-11,13H2,1-2H3,(H,22,23). The second kappa shape index (κ2) is 7.81. The van der Waals surface area contributed by atoms with Crippen molar-refractivity contribution in [3.05, 3.63) is 24.0 Å². The molecule has 0 radical (unpaired) electrons. The van der Waals surface area contributed by atoms with E-state index in [9.17, 15) is 9.59 Å². The van der Waals surface area contributed by atoms with Crippen molar-refractivity contribution in [3.63, 3.8) is 0 Å². The summed E-state index contributed by atoms with van der Waals surface area (Å²) in [6.45, 7) is 3.89. The van der Waals surface area contributed by atoms with E-state index in [1.807, 2.05) is 34.9 Å². The largest absolute Gasteiger partial charge is 0.497 e. The van der Waals surface area contributed by atoms with Crippen molar-refractivity contribution in [2.24, 2.45) is 5.92 Å². The zero-order chi connectivity index (χ0) is 19.7. The molecule has 7 nitrogen and oxygen atoms in total. The summed E-state index contributed by atoms with van der Waals surface area (Å²) in [5.41, 5.74) is 1.84. The lowest BCUT2D eigenvalue weighted by Crippen LogP contribution is -2.48. The van der Waals surface area contributed by atoms with Gasteiger partial charge in [0.15, 0.2) is 0 Å². The molecule has 0 spiro atoms. The van der Waals surface area contributed by atoms with Gasteiger partial charge in [0.25, 0.3) is 0 Å². The number of hydrogen-bond donors (Lipinski definition) is 1. The second-order valence-corrected chi connectivity index (χ2v) is 7.75. The van der Waals surface area contributed by atoms with E-state index in [0.717, 1.165) is 35.4 Å². The smallest absolute Gasteiger partial charge is 0.227 e. The van der Waals surface area contributed by atoms with E-state index in [4.69, 9.17) is 4.74 Å². The van der Waals surface area contributed by atoms with Crippen LogP contribution in [0.25, 0.3) is 11.0 Å². The summed E-state index contributed by atoms with van der Waals surface area (Å²) in [4.78, 5) is 36.9. The summed E-state index contributed by atoms with van der Waals surface area (Å²) in [5.74, 6) is 1.97. The first-order valence-corrected chi connectivity index (χ1v) is 10.2. The topological polar surface area (TPSA) is 78.5 Å². The average molecular weight is 384 g/mol. The van der Waals surface area contributed by atoms with Crippen molar-refractivity contribution in [1.29, 1.82) is 0 Å². The second-order valence-electron chi connectivity index (χ2n) is 7.75. The number of likely N-dealkylation sites (N-methyl/N-ethyl adjacent to an activating group) is 1. The highest BCUT2D eigenvalue weighted by Crippen LogP contribution is 2.32. The van der Waals surface area contributed by atoms with Gasteiger partial charge < -0.3 is 19.5 Å². The Morgan fingerprint density at radius 3 is 2.89 bits per heavy atom. The van der Waals surface area contributed by atoms with Crippen molar-refractivity contribution in [3.8, 4) is 5.75 Å². The molecule has 1 unspecified atom stereocenters. The van der Waals surface area contributed by atoms with E-state index < -0.39 is 0 Å². The molecule has 1 aromatic carbocycles. The maximum Gasteiger partial charge on any atom is 0.227 e. The van der Waals surface area contributed by atoms with Crippen LogP contribution < -0.4 is 4.74 Å². The summed E-state index contributed by atoms with van der Waals surface area (Å²) in [7, 11) is 1.65. The van der Waals surface area contributed by atoms with E-state index in [-0.39, 0.29) is 17.7 Å². The van der Waals surface area contributed by atoms with Gasteiger partial charge >= 0.3 is 0 Å². The number of nitrogens with zero attached hydrogens (tertiary/aromatic N) is 3. The molecular formula is C21H28N4O3. The summed E-state index contributed by atoms with van der Waals surface area (Å²) >= 11 is 0. The van der Waals surface area contributed by atoms with Crippen LogP contribution >= 0.6 is 0 Å². The van der Waals surface area contributed by atoms with Crippen LogP contribution in [-0.4, -0.2) is 64.4 Å². The molecule has 1 aromatic heterocycles. The van der Waals surface area contributed by atoms with Crippen LogP contribution in [0.1, 0.15) is 38.4 Å². The first-order valence-electron chi connectivity index (χ1n) is 10.2. The molecule has 1 atom stereocenters. The molecule has 150 valence electrons. The van der Waals surface area contributed by atoms with E-state index >= 15 is 0 Å². The fourth-order valence-corrected chi connectivity index (χ4v) is 4.02. The number of benzene rings is 1. The third-order valence-electron chi connectivity index (χ3n) is 5.83. The Bertz CT molecular complexity index is 874. The zero-order valence-corrected chi connectivity index (χ0v) is 16.6. The highest BCUT2D eigenvalue weighted by atomic mass is 16.5. The van der Waals surface area contributed by atoms with Gasteiger partial charge in [-0.25, -0.2) is 4.98 Å². The third-order valence-corrected chi connectivity index (χ3v) is 5.83. The number of ether oxygens (including phenoxy) is 1. The number of carbonyl (C=O) groups excluding carboxylic acids is 2. The Hall–Kier alpha value is -2.57. The molecule has 1 saturated heterocycles. The van der Waals surface area contributed by atoms with Crippen molar-refractivity contribution in [1.82, 2.24) is 19.8 Å². The molecule has 28 heavy (non-hydrogen) atoms. The van der Waals surface area contributed by atoms with E-state index in [2.05, 4.69) is 9.97 Å². The van der Waals surface area contributed by atoms with Crippen LogP contribution in [0.15, 0.2) is 18.2 Å². The number of hydrogen-bond acceptors (Lipinski definition) is 4. The number of fused-ring (bicyclic) bond motifs is 1. The molecule has 2 amide bonds. The van der Waals surface area contributed by atoms with E-state index in [1.54, 1.807) is 7.11 Å². The fraction of sp³-hybridized carbons (Fsp3) is 0.571. The Morgan fingerprint density at radius 2 is 2.18 bits per heavy atom. The molecule has 0 bridgehead atoms. The van der Waals surface area contributed by atoms with Crippen LogP contribution in [-0.2, 0) is 16.0 Å². The molecule has 1 aliphatic carbocycles. The number of imidazole rings is 1. The van der Waals surface area contributed by atoms with Gasteiger partial charge in [0, 0.05) is 44.6 Å². The van der Waals surface area contributed by atoms with Gasteiger partial charge in [0.1, 0.15) is 11.6 Å². The Kier molecular flexibility index (Phi) is 5.24. The number of H-pyrrole nitrogens is 1. The van der Waals surface area contributed by atoms with Crippen LogP contribution in [0.5, 0.6) is 5.75 Å². The van der Waals surface area contributed by atoms with Gasteiger partial charge in [-0.1, -0.05) is 0 Å². The predicted octanol–water partition coefficient (Wildman–Crippen LogP) is 2.36. The molecule has 4 rings (SSSR count). The SMILES string of the molecule is CCN(CCc1nc2ccc(OC)cc2[nH]1)C(=O)C1CCC(=O)N(C2CC2)C1. The lowest BCUT2D eigenvalue weighted by molar-refractivity contribution is -0.143. The number of likely N-dealkylation sites (tertiary alicyclic amines) is 1. The van der Waals surface area contributed by atoms with Crippen molar-refractivity contribution in [2.75, 3.05) is 26.7 Å². The number of rotatable bonds is 7. The monoisotopic (exact) mass is 384 g/mol. The molecule has 2 fully saturated rings. The molecule has 1 N–H and O–H groups in total. The highest BCUT2D eigenvalue weighted by molar-refractivity contribution is 5.84. The van der Waals surface area contributed by atoms with Gasteiger partial charge in [-0.05, 0) is 38.3 Å². The Labute approximate surface area is 165 Å². The van der Waals surface area contributed by atoms with E-state index in [0.29, 0.717) is 44.9 Å². The Balaban J connectivity index is 1.38. The lowest BCUT2D eigenvalue weighted by Gasteiger charge is -2.34. The minimum absolute atomic E-state index is 0.0711. The summed E-state index contributed by atoms with van der Waals surface area (Å²) < 4.78 is 5.25. The number of methoxy groups -OCH3 is 1. The van der Waals surface area contributed by atoms with Crippen LogP contribution in [0, 0.1) is 5.92 Å². The minimum Gasteiger partial charge on any atom is -0.497 e. The van der Waals surface area contributed by atoms with Crippen molar-refractivity contribution >= 4 is 22.8 Å². The first-order chi connectivity index (χ1) is 13.6. The predicted molar refractivity (Wildman–Crippen MR) is 106 cm³/mol. The summed E-state index contributed by atoms with van der Waals surface area (Å²) in [6, 6.07) is 6.14. The highest BCUT2D eigenvalue weighted by Gasteiger charge is 2.39. The number of carbonyl (C=O) groups is 2. The summed E-state index contributed by atoms with van der Waals surface area (Å²) in [6.07, 6.45) is 4.01. The summed E-state index contributed by atoms with van der Waals surface area (Å²) in [5, 5.41) is 0. The van der Waals surface area contributed by atoms with Crippen LogP contribution in [0.3, 0.4) is 0 Å².